The molecule has 0 saturated carbocycles. The van der Waals surface area contributed by atoms with Gasteiger partial charge in [-0.05, 0) is 61.7 Å². The molecule has 174 valence electrons. The summed E-state index contributed by atoms with van der Waals surface area (Å²) in [6.07, 6.45) is 3.53. The molecule has 0 radical (unpaired) electrons. The number of carbonyl (C=O) groups is 1. The third kappa shape index (κ3) is 5.95. The highest BCUT2D eigenvalue weighted by Gasteiger charge is 2.28. The van der Waals surface area contributed by atoms with E-state index in [-0.39, 0.29) is 16.2 Å². The van der Waals surface area contributed by atoms with Crippen molar-refractivity contribution in [3.05, 3.63) is 48.0 Å². The molecule has 0 unspecified atom stereocenters. The standard InChI is InChI=1S/C22H27F2N3O4S/c1-2-3-12-25-19-11-10-18(32(29,30)27-13-4-5-14-27)15-20(19)26-21(28)16-6-8-17(9-7-16)31-22(23)24/h6-11,15,22,25H,2-5,12-14H2,1H3,(H,26,28). The first-order valence-electron chi connectivity index (χ1n) is 10.6. The second kappa shape index (κ2) is 10.7. The monoisotopic (exact) mass is 467 g/mol. The number of anilines is 2. The highest BCUT2D eigenvalue weighted by Crippen LogP contribution is 2.29. The Balaban J connectivity index is 1.85. The van der Waals surface area contributed by atoms with Crippen LogP contribution in [0, 0.1) is 0 Å². The Labute approximate surface area is 186 Å². The third-order valence-electron chi connectivity index (χ3n) is 5.13. The number of hydrogen-bond donors (Lipinski definition) is 2. The van der Waals surface area contributed by atoms with E-state index < -0.39 is 22.5 Å². The molecule has 1 aliphatic rings. The molecule has 3 rings (SSSR count). The summed E-state index contributed by atoms with van der Waals surface area (Å²) in [5.41, 5.74) is 1.16. The van der Waals surface area contributed by atoms with Crippen LogP contribution in [0.2, 0.25) is 0 Å². The maximum absolute atomic E-state index is 13.0. The Morgan fingerprint density at radius 2 is 1.78 bits per heavy atom. The zero-order valence-corrected chi connectivity index (χ0v) is 18.6. The van der Waals surface area contributed by atoms with E-state index in [4.69, 9.17) is 0 Å². The second-order valence-corrected chi connectivity index (χ2v) is 9.39. The zero-order valence-electron chi connectivity index (χ0n) is 17.8. The molecule has 2 N–H and O–H groups in total. The fourth-order valence-corrected chi connectivity index (χ4v) is 4.94. The summed E-state index contributed by atoms with van der Waals surface area (Å²) in [5, 5.41) is 5.97. The first-order chi connectivity index (χ1) is 15.3. The highest BCUT2D eigenvalue weighted by atomic mass is 32.2. The lowest BCUT2D eigenvalue weighted by Gasteiger charge is -2.18. The van der Waals surface area contributed by atoms with Crippen LogP contribution < -0.4 is 15.4 Å². The molecule has 1 fully saturated rings. The summed E-state index contributed by atoms with van der Waals surface area (Å²) < 4.78 is 56.3. The van der Waals surface area contributed by atoms with Gasteiger partial charge in [0.15, 0.2) is 0 Å². The molecule has 7 nitrogen and oxygen atoms in total. The SMILES string of the molecule is CCCCNc1ccc(S(=O)(=O)N2CCCC2)cc1NC(=O)c1ccc(OC(F)F)cc1. The van der Waals surface area contributed by atoms with Gasteiger partial charge in [0.2, 0.25) is 10.0 Å². The van der Waals surface area contributed by atoms with Gasteiger partial charge in [-0.1, -0.05) is 13.3 Å². The minimum atomic E-state index is -3.65. The van der Waals surface area contributed by atoms with Gasteiger partial charge in [-0.25, -0.2) is 8.42 Å². The van der Waals surface area contributed by atoms with Crippen molar-refractivity contribution in [1.82, 2.24) is 4.31 Å². The van der Waals surface area contributed by atoms with Crippen LogP contribution in [0.25, 0.3) is 0 Å². The Hall–Kier alpha value is -2.72. The van der Waals surface area contributed by atoms with E-state index >= 15 is 0 Å². The lowest BCUT2D eigenvalue weighted by molar-refractivity contribution is -0.0498. The smallest absolute Gasteiger partial charge is 0.387 e. The molecule has 0 aliphatic carbocycles. The van der Waals surface area contributed by atoms with Gasteiger partial charge < -0.3 is 15.4 Å². The van der Waals surface area contributed by atoms with Crippen LogP contribution in [0.15, 0.2) is 47.4 Å². The molecule has 1 amide bonds. The Morgan fingerprint density at radius 3 is 2.41 bits per heavy atom. The molecular formula is C22H27F2N3O4S. The third-order valence-corrected chi connectivity index (χ3v) is 7.02. The zero-order chi connectivity index (χ0) is 23.1. The molecule has 1 heterocycles. The van der Waals surface area contributed by atoms with E-state index in [0.29, 0.717) is 31.0 Å². The lowest BCUT2D eigenvalue weighted by atomic mass is 10.2. The number of hydrogen-bond acceptors (Lipinski definition) is 5. The fourth-order valence-electron chi connectivity index (χ4n) is 3.40. The number of nitrogens with zero attached hydrogens (tertiary/aromatic N) is 1. The van der Waals surface area contributed by atoms with Gasteiger partial charge in [-0.15, -0.1) is 0 Å². The van der Waals surface area contributed by atoms with Crippen LogP contribution in [-0.2, 0) is 10.0 Å². The van der Waals surface area contributed by atoms with Gasteiger partial charge in [0.25, 0.3) is 5.91 Å². The molecule has 10 heteroatoms. The molecular weight excluding hydrogens is 440 g/mol. The first-order valence-corrected chi connectivity index (χ1v) is 12.0. The van der Waals surface area contributed by atoms with Crippen molar-refractivity contribution in [3.8, 4) is 5.75 Å². The van der Waals surface area contributed by atoms with Crippen LogP contribution in [0.4, 0.5) is 20.2 Å². The topological polar surface area (TPSA) is 87.7 Å². The summed E-state index contributed by atoms with van der Waals surface area (Å²) in [5.74, 6) is -0.556. The van der Waals surface area contributed by atoms with Gasteiger partial charge in [0.1, 0.15) is 5.75 Å². The van der Waals surface area contributed by atoms with Gasteiger partial charge in [-0.2, -0.15) is 13.1 Å². The number of amides is 1. The van der Waals surface area contributed by atoms with Crippen molar-refractivity contribution in [2.75, 3.05) is 30.3 Å². The summed E-state index contributed by atoms with van der Waals surface area (Å²) in [4.78, 5) is 12.9. The first kappa shape index (κ1) is 23.9. The number of benzene rings is 2. The van der Waals surface area contributed by atoms with Crippen molar-refractivity contribution in [2.24, 2.45) is 0 Å². The number of unbranched alkanes of at least 4 members (excludes halogenated alkanes) is 1. The Morgan fingerprint density at radius 1 is 1.09 bits per heavy atom. The molecule has 0 aromatic heterocycles. The number of sulfonamides is 1. The highest BCUT2D eigenvalue weighted by molar-refractivity contribution is 7.89. The minimum absolute atomic E-state index is 0.0582. The summed E-state index contributed by atoms with van der Waals surface area (Å²) in [7, 11) is -3.65. The van der Waals surface area contributed by atoms with Crippen LogP contribution in [0.1, 0.15) is 43.0 Å². The van der Waals surface area contributed by atoms with E-state index in [0.717, 1.165) is 25.7 Å². The van der Waals surface area contributed by atoms with Crippen molar-refractivity contribution in [1.29, 1.82) is 0 Å². The second-order valence-electron chi connectivity index (χ2n) is 7.46. The number of carbonyl (C=O) groups excluding carboxylic acids is 1. The summed E-state index contributed by atoms with van der Waals surface area (Å²) in [6.45, 7) is 0.724. The predicted molar refractivity (Wildman–Crippen MR) is 119 cm³/mol. The predicted octanol–water partition coefficient (Wildman–Crippen LogP) is 4.54. The largest absolute Gasteiger partial charge is 0.435 e. The molecule has 1 saturated heterocycles. The molecule has 2 aromatic rings. The lowest BCUT2D eigenvalue weighted by Crippen LogP contribution is -2.28. The molecule has 0 atom stereocenters. The van der Waals surface area contributed by atoms with Crippen LogP contribution in [0.5, 0.6) is 5.75 Å². The van der Waals surface area contributed by atoms with Crippen molar-refractivity contribution < 1.29 is 26.7 Å². The molecule has 0 spiro atoms. The Bertz CT molecular complexity index is 1020. The average Bonchev–Trinajstić information content (AvgIpc) is 3.31. The molecule has 1 aliphatic heterocycles. The van der Waals surface area contributed by atoms with E-state index in [9.17, 15) is 22.0 Å². The van der Waals surface area contributed by atoms with E-state index in [2.05, 4.69) is 22.3 Å². The number of ether oxygens (including phenoxy) is 1. The minimum Gasteiger partial charge on any atom is -0.435 e. The normalized spacial score (nSPS) is 14.5. The van der Waals surface area contributed by atoms with E-state index in [1.807, 2.05) is 0 Å². The summed E-state index contributed by atoms with van der Waals surface area (Å²) >= 11 is 0. The van der Waals surface area contributed by atoms with Gasteiger partial charge in [0, 0.05) is 25.2 Å². The fraction of sp³-hybridized carbons (Fsp3) is 0.409. The average molecular weight is 468 g/mol. The van der Waals surface area contributed by atoms with Crippen molar-refractivity contribution in [3.63, 3.8) is 0 Å². The summed E-state index contributed by atoms with van der Waals surface area (Å²) in [6, 6.07) is 9.91. The van der Waals surface area contributed by atoms with Gasteiger partial charge >= 0.3 is 6.61 Å². The van der Waals surface area contributed by atoms with E-state index in [1.165, 1.54) is 40.7 Å². The molecule has 0 bridgehead atoms. The van der Waals surface area contributed by atoms with Crippen LogP contribution in [0.3, 0.4) is 0 Å². The molecule has 2 aromatic carbocycles. The van der Waals surface area contributed by atoms with Gasteiger partial charge in [0.05, 0.1) is 16.3 Å². The van der Waals surface area contributed by atoms with Crippen LogP contribution in [-0.4, -0.2) is 44.9 Å². The van der Waals surface area contributed by atoms with Gasteiger partial charge in [-0.3, -0.25) is 4.79 Å². The number of alkyl halides is 2. The van der Waals surface area contributed by atoms with E-state index in [1.54, 1.807) is 6.07 Å². The number of nitrogens with one attached hydrogen (secondary N) is 2. The number of rotatable bonds is 10. The van der Waals surface area contributed by atoms with Crippen LogP contribution >= 0.6 is 0 Å². The molecule has 32 heavy (non-hydrogen) atoms. The quantitative estimate of drug-likeness (QED) is 0.501. The maximum atomic E-state index is 13.0. The van der Waals surface area contributed by atoms with Crippen molar-refractivity contribution in [2.45, 2.75) is 44.1 Å². The Kier molecular flexibility index (Phi) is 8.03. The number of halogens is 2. The van der Waals surface area contributed by atoms with Crippen molar-refractivity contribution >= 4 is 27.3 Å². The maximum Gasteiger partial charge on any atom is 0.387 e.